The van der Waals surface area contributed by atoms with Crippen LogP contribution in [0.3, 0.4) is 0 Å². The summed E-state index contributed by atoms with van der Waals surface area (Å²) in [5, 5.41) is 8.19. The first-order chi connectivity index (χ1) is 9.80. The minimum absolute atomic E-state index is 0.525. The number of rotatable bonds is 4. The fraction of sp³-hybridized carbons (Fsp3) is 0. The summed E-state index contributed by atoms with van der Waals surface area (Å²) in [6, 6.07) is 7.44. The number of aldehydes is 2. The zero-order chi connectivity index (χ0) is 13.9. The second kappa shape index (κ2) is 4.93. The highest BCUT2D eigenvalue weighted by atomic mass is 16.1. The van der Waals surface area contributed by atoms with E-state index in [9.17, 15) is 9.59 Å². The number of hydrogen-bond donors (Lipinski definition) is 0. The number of hydrogen-bond acceptors (Lipinski definition) is 4. The highest BCUT2D eigenvalue weighted by Gasteiger charge is 2.03. The predicted molar refractivity (Wildman–Crippen MR) is 71.5 cm³/mol. The third-order valence-electron chi connectivity index (χ3n) is 2.86. The molecule has 2 heterocycles. The Hall–Kier alpha value is -3.02. The van der Waals surface area contributed by atoms with Crippen LogP contribution in [-0.2, 0) is 0 Å². The second-order valence-corrected chi connectivity index (χ2v) is 4.19. The van der Waals surface area contributed by atoms with E-state index >= 15 is 0 Å². The highest BCUT2D eigenvalue weighted by Crippen LogP contribution is 2.13. The van der Waals surface area contributed by atoms with Crippen molar-refractivity contribution < 1.29 is 9.59 Å². The molecular weight excluding hydrogens is 256 g/mol. The Balaban J connectivity index is 1.90. The summed E-state index contributed by atoms with van der Waals surface area (Å²) in [5.74, 6) is 0. The lowest BCUT2D eigenvalue weighted by Gasteiger charge is -2.04. The second-order valence-electron chi connectivity index (χ2n) is 4.19. The predicted octanol–water partition coefficient (Wildman–Crippen LogP) is 1.68. The van der Waals surface area contributed by atoms with Gasteiger partial charge in [-0.25, -0.2) is 9.36 Å². The van der Waals surface area contributed by atoms with Gasteiger partial charge in [0.05, 0.1) is 34.9 Å². The van der Waals surface area contributed by atoms with Crippen molar-refractivity contribution in [3.05, 3.63) is 60.2 Å². The highest BCUT2D eigenvalue weighted by molar-refractivity contribution is 5.74. The van der Waals surface area contributed by atoms with Crippen LogP contribution in [0.4, 0.5) is 0 Å². The van der Waals surface area contributed by atoms with Crippen LogP contribution in [0.2, 0.25) is 0 Å². The lowest BCUT2D eigenvalue weighted by atomic mass is 10.3. The average Bonchev–Trinajstić information content (AvgIpc) is 3.16. The van der Waals surface area contributed by atoms with Gasteiger partial charge in [-0.05, 0) is 24.3 Å². The molecule has 0 aliphatic carbocycles. The van der Waals surface area contributed by atoms with E-state index in [1.165, 1.54) is 12.4 Å². The molecule has 0 spiro atoms. The number of aromatic nitrogens is 4. The quantitative estimate of drug-likeness (QED) is 0.674. The van der Waals surface area contributed by atoms with E-state index in [1.54, 1.807) is 21.8 Å². The molecule has 3 rings (SSSR count). The summed E-state index contributed by atoms with van der Waals surface area (Å²) in [7, 11) is 0. The smallest absolute Gasteiger partial charge is 0.153 e. The standard InChI is InChI=1S/C14H10N4O2/c19-9-11-5-15-17(7-11)13-1-2-14(4-3-13)18-8-12(10-20)6-16-18/h1-10H. The van der Waals surface area contributed by atoms with Crippen molar-refractivity contribution in [3.8, 4) is 11.4 Å². The molecule has 0 atom stereocenters. The maximum absolute atomic E-state index is 10.6. The molecule has 0 saturated heterocycles. The van der Waals surface area contributed by atoms with Crippen LogP contribution >= 0.6 is 0 Å². The maximum Gasteiger partial charge on any atom is 0.153 e. The van der Waals surface area contributed by atoms with E-state index in [4.69, 9.17) is 0 Å². The molecule has 0 bridgehead atoms. The topological polar surface area (TPSA) is 69.8 Å². The minimum atomic E-state index is 0.525. The van der Waals surface area contributed by atoms with Crippen LogP contribution in [0, 0.1) is 0 Å². The van der Waals surface area contributed by atoms with Crippen molar-refractivity contribution >= 4 is 12.6 Å². The number of nitrogens with zero attached hydrogens (tertiary/aromatic N) is 4. The Morgan fingerprint density at radius 1 is 0.750 bits per heavy atom. The summed E-state index contributed by atoms with van der Waals surface area (Å²) in [4.78, 5) is 21.3. The first-order valence-electron chi connectivity index (χ1n) is 5.90. The van der Waals surface area contributed by atoms with E-state index in [1.807, 2.05) is 24.3 Å². The first-order valence-corrected chi connectivity index (χ1v) is 5.90. The largest absolute Gasteiger partial charge is 0.298 e. The van der Waals surface area contributed by atoms with Crippen molar-refractivity contribution in [3.63, 3.8) is 0 Å². The van der Waals surface area contributed by atoms with Crippen LogP contribution in [0.25, 0.3) is 11.4 Å². The Bertz CT molecular complexity index is 690. The van der Waals surface area contributed by atoms with E-state index in [0.717, 1.165) is 23.9 Å². The van der Waals surface area contributed by atoms with Gasteiger partial charge in [-0.3, -0.25) is 9.59 Å². The monoisotopic (exact) mass is 266 g/mol. The van der Waals surface area contributed by atoms with Gasteiger partial charge in [0.15, 0.2) is 12.6 Å². The molecule has 6 nitrogen and oxygen atoms in total. The summed E-state index contributed by atoms with van der Waals surface area (Å²) >= 11 is 0. The molecule has 0 aliphatic rings. The van der Waals surface area contributed by atoms with E-state index in [0.29, 0.717) is 11.1 Å². The van der Waals surface area contributed by atoms with Crippen LogP contribution in [-0.4, -0.2) is 32.1 Å². The van der Waals surface area contributed by atoms with E-state index < -0.39 is 0 Å². The first kappa shape index (κ1) is 12.0. The Kier molecular flexibility index (Phi) is 2.96. The Labute approximate surface area is 114 Å². The average molecular weight is 266 g/mol. The van der Waals surface area contributed by atoms with Gasteiger partial charge in [0.1, 0.15) is 0 Å². The fourth-order valence-corrected chi connectivity index (χ4v) is 1.84. The van der Waals surface area contributed by atoms with Crippen molar-refractivity contribution in [1.29, 1.82) is 0 Å². The summed E-state index contributed by atoms with van der Waals surface area (Å²) in [5.41, 5.74) is 2.72. The van der Waals surface area contributed by atoms with Crippen molar-refractivity contribution in [2.24, 2.45) is 0 Å². The van der Waals surface area contributed by atoms with Gasteiger partial charge in [-0.15, -0.1) is 0 Å². The van der Waals surface area contributed by atoms with Crippen LogP contribution in [0.5, 0.6) is 0 Å². The molecule has 0 aliphatic heterocycles. The maximum atomic E-state index is 10.6. The van der Waals surface area contributed by atoms with Crippen LogP contribution in [0.15, 0.2) is 49.1 Å². The van der Waals surface area contributed by atoms with Crippen molar-refractivity contribution in [2.75, 3.05) is 0 Å². The van der Waals surface area contributed by atoms with Gasteiger partial charge in [0.2, 0.25) is 0 Å². The number of carbonyl (C=O) groups is 2. The summed E-state index contributed by atoms with van der Waals surface area (Å²) < 4.78 is 3.24. The van der Waals surface area contributed by atoms with Gasteiger partial charge in [0.25, 0.3) is 0 Å². The molecular formula is C14H10N4O2. The molecule has 0 fully saturated rings. The third-order valence-corrected chi connectivity index (χ3v) is 2.86. The molecule has 0 unspecified atom stereocenters. The fourth-order valence-electron chi connectivity index (χ4n) is 1.84. The van der Waals surface area contributed by atoms with Gasteiger partial charge >= 0.3 is 0 Å². The molecule has 0 amide bonds. The SMILES string of the molecule is O=Cc1cnn(-c2ccc(-n3cc(C=O)cn3)cc2)c1. The lowest BCUT2D eigenvalue weighted by molar-refractivity contribution is 0.111. The molecule has 0 N–H and O–H groups in total. The lowest BCUT2D eigenvalue weighted by Crippen LogP contribution is -1.97. The van der Waals surface area contributed by atoms with Crippen molar-refractivity contribution in [1.82, 2.24) is 19.6 Å². The summed E-state index contributed by atoms with van der Waals surface area (Å²) in [6.45, 7) is 0. The zero-order valence-electron chi connectivity index (χ0n) is 10.4. The van der Waals surface area contributed by atoms with Crippen LogP contribution < -0.4 is 0 Å². The molecule has 1 aromatic carbocycles. The Morgan fingerprint density at radius 2 is 1.15 bits per heavy atom. The van der Waals surface area contributed by atoms with E-state index in [2.05, 4.69) is 10.2 Å². The zero-order valence-corrected chi connectivity index (χ0v) is 10.4. The molecule has 20 heavy (non-hydrogen) atoms. The molecule has 98 valence electrons. The number of carbonyl (C=O) groups excluding carboxylic acids is 2. The molecule has 0 saturated carbocycles. The minimum Gasteiger partial charge on any atom is -0.298 e. The van der Waals surface area contributed by atoms with Gasteiger partial charge < -0.3 is 0 Å². The van der Waals surface area contributed by atoms with E-state index in [-0.39, 0.29) is 0 Å². The van der Waals surface area contributed by atoms with Gasteiger partial charge in [0, 0.05) is 12.4 Å². The van der Waals surface area contributed by atoms with Crippen molar-refractivity contribution in [2.45, 2.75) is 0 Å². The van der Waals surface area contributed by atoms with Gasteiger partial charge in [-0.1, -0.05) is 0 Å². The normalized spacial score (nSPS) is 10.4. The molecule has 0 radical (unpaired) electrons. The third kappa shape index (κ3) is 2.14. The molecule has 6 heteroatoms. The molecule has 3 aromatic rings. The van der Waals surface area contributed by atoms with Crippen LogP contribution in [0.1, 0.15) is 20.7 Å². The number of benzene rings is 1. The molecule has 2 aromatic heterocycles. The Morgan fingerprint density at radius 3 is 1.45 bits per heavy atom. The summed E-state index contributed by atoms with van der Waals surface area (Å²) in [6.07, 6.45) is 7.82. The van der Waals surface area contributed by atoms with Gasteiger partial charge in [-0.2, -0.15) is 10.2 Å².